The van der Waals surface area contributed by atoms with E-state index in [1.54, 1.807) is 0 Å². The van der Waals surface area contributed by atoms with Gasteiger partial charge in [0.1, 0.15) is 5.75 Å². The van der Waals surface area contributed by atoms with Crippen LogP contribution in [0.2, 0.25) is 0 Å². The normalized spacial score (nSPS) is 22.6. The molecule has 1 unspecified atom stereocenters. The van der Waals surface area contributed by atoms with E-state index >= 15 is 0 Å². The van der Waals surface area contributed by atoms with E-state index in [1.807, 2.05) is 0 Å². The van der Waals surface area contributed by atoms with E-state index in [0.29, 0.717) is 13.2 Å². The molecule has 0 bridgehead atoms. The summed E-state index contributed by atoms with van der Waals surface area (Å²) in [7, 11) is 0. The summed E-state index contributed by atoms with van der Waals surface area (Å²) in [5.74, 6) is 1.04. The van der Waals surface area contributed by atoms with Crippen molar-refractivity contribution >= 4 is 0 Å². The van der Waals surface area contributed by atoms with Crippen LogP contribution in [0.4, 0.5) is 0 Å². The van der Waals surface area contributed by atoms with Crippen LogP contribution in [0.25, 0.3) is 0 Å². The topological polar surface area (TPSA) is 39.7 Å². The van der Waals surface area contributed by atoms with Gasteiger partial charge in [0.2, 0.25) is 0 Å². The second-order valence-corrected chi connectivity index (χ2v) is 4.74. The maximum Gasteiger partial charge on any atom is 0.122 e. The third-order valence-electron chi connectivity index (χ3n) is 3.34. The Balaban J connectivity index is 1.48. The van der Waals surface area contributed by atoms with Crippen molar-refractivity contribution < 1.29 is 14.2 Å². The van der Waals surface area contributed by atoms with Crippen molar-refractivity contribution in [2.24, 2.45) is 0 Å². The molecule has 1 N–H and O–H groups in total. The summed E-state index contributed by atoms with van der Waals surface area (Å²) in [5.41, 5.74) is 2.63. The Labute approximate surface area is 107 Å². The van der Waals surface area contributed by atoms with Crippen molar-refractivity contribution in [3.63, 3.8) is 0 Å². The van der Waals surface area contributed by atoms with Gasteiger partial charge >= 0.3 is 0 Å². The molecule has 1 atom stereocenters. The Bertz CT molecular complexity index is 402. The summed E-state index contributed by atoms with van der Waals surface area (Å²) in [4.78, 5) is 0. The highest BCUT2D eigenvalue weighted by Gasteiger charge is 2.14. The molecule has 98 valence electrons. The predicted molar refractivity (Wildman–Crippen MR) is 67.9 cm³/mol. The number of fused-ring (bicyclic) bond motifs is 1. The minimum Gasteiger partial charge on any atom is -0.493 e. The molecule has 4 heteroatoms. The van der Waals surface area contributed by atoms with Crippen LogP contribution in [0.15, 0.2) is 18.2 Å². The molecular formula is C14H19NO3. The Kier molecular flexibility index (Phi) is 3.78. The average Bonchev–Trinajstić information content (AvgIpc) is 2.87. The molecule has 1 aromatic rings. The van der Waals surface area contributed by atoms with Crippen molar-refractivity contribution in [1.82, 2.24) is 5.32 Å². The van der Waals surface area contributed by atoms with Gasteiger partial charge in [0.15, 0.2) is 0 Å². The first-order valence-electron chi connectivity index (χ1n) is 6.56. The third-order valence-corrected chi connectivity index (χ3v) is 3.34. The highest BCUT2D eigenvalue weighted by molar-refractivity contribution is 5.39. The zero-order chi connectivity index (χ0) is 12.2. The Morgan fingerprint density at radius 3 is 3.11 bits per heavy atom. The van der Waals surface area contributed by atoms with Crippen molar-refractivity contribution in [1.29, 1.82) is 0 Å². The van der Waals surface area contributed by atoms with Crippen LogP contribution < -0.4 is 10.1 Å². The number of hydrogen-bond acceptors (Lipinski definition) is 4. The highest BCUT2D eigenvalue weighted by Crippen LogP contribution is 2.25. The number of nitrogens with one attached hydrogen (secondary N) is 1. The van der Waals surface area contributed by atoms with E-state index < -0.39 is 0 Å². The molecule has 0 spiro atoms. The summed E-state index contributed by atoms with van der Waals surface area (Å²) >= 11 is 0. The highest BCUT2D eigenvalue weighted by atomic mass is 16.6. The van der Waals surface area contributed by atoms with Gasteiger partial charge < -0.3 is 19.5 Å². The van der Waals surface area contributed by atoms with Gasteiger partial charge in [-0.1, -0.05) is 12.1 Å². The molecule has 2 aliphatic rings. The molecule has 1 saturated heterocycles. The zero-order valence-electron chi connectivity index (χ0n) is 10.5. The molecule has 0 saturated carbocycles. The number of benzene rings is 1. The van der Waals surface area contributed by atoms with E-state index in [9.17, 15) is 0 Å². The maximum atomic E-state index is 5.58. The van der Waals surface area contributed by atoms with Crippen LogP contribution in [0.5, 0.6) is 5.75 Å². The lowest BCUT2D eigenvalue weighted by molar-refractivity contribution is -0.0864. The number of hydrogen-bond donors (Lipinski definition) is 1. The zero-order valence-corrected chi connectivity index (χ0v) is 10.5. The predicted octanol–water partition coefficient (Wildman–Crippen LogP) is 1.13. The van der Waals surface area contributed by atoms with Crippen LogP contribution in [-0.4, -0.2) is 39.1 Å². The fourth-order valence-corrected chi connectivity index (χ4v) is 2.38. The summed E-state index contributed by atoms with van der Waals surface area (Å²) in [6, 6.07) is 6.42. The minimum atomic E-state index is 0.191. The summed E-state index contributed by atoms with van der Waals surface area (Å²) in [6.45, 7) is 4.66. The standard InChI is InChI=1S/C14H19NO3/c1-2-14-12(3-4-18-14)7-11(1)8-15-9-13-10-16-5-6-17-13/h1-2,7,13,15H,3-6,8-10H2. The van der Waals surface area contributed by atoms with E-state index in [1.165, 1.54) is 11.1 Å². The van der Waals surface area contributed by atoms with Gasteiger partial charge in [0.05, 0.1) is 32.5 Å². The Morgan fingerprint density at radius 1 is 1.22 bits per heavy atom. The van der Waals surface area contributed by atoms with Crippen LogP contribution in [0.3, 0.4) is 0 Å². The van der Waals surface area contributed by atoms with Gasteiger partial charge in [0, 0.05) is 19.5 Å². The Morgan fingerprint density at radius 2 is 2.22 bits per heavy atom. The van der Waals surface area contributed by atoms with Crippen LogP contribution in [0.1, 0.15) is 11.1 Å². The first kappa shape index (κ1) is 12.0. The monoisotopic (exact) mass is 249 g/mol. The van der Waals surface area contributed by atoms with E-state index in [2.05, 4.69) is 23.5 Å². The molecule has 0 aromatic heterocycles. The van der Waals surface area contributed by atoms with Crippen LogP contribution in [0, 0.1) is 0 Å². The lowest BCUT2D eigenvalue weighted by Crippen LogP contribution is -2.37. The van der Waals surface area contributed by atoms with E-state index in [4.69, 9.17) is 14.2 Å². The second-order valence-electron chi connectivity index (χ2n) is 4.74. The molecule has 1 aromatic carbocycles. The summed E-state index contributed by atoms with van der Waals surface area (Å²) < 4.78 is 16.4. The Hall–Kier alpha value is -1.10. The van der Waals surface area contributed by atoms with Crippen molar-refractivity contribution in [3.8, 4) is 5.75 Å². The number of rotatable bonds is 4. The molecular weight excluding hydrogens is 230 g/mol. The maximum absolute atomic E-state index is 5.58. The molecule has 0 amide bonds. The fourth-order valence-electron chi connectivity index (χ4n) is 2.38. The molecule has 18 heavy (non-hydrogen) atoms. The first-order valence-corrected chi connectivity index (χ1v) is 6.56. The van der Waals surface area contributed by atoms with Crippen LogP contribution in [-0.2, 0) is 22.4 Å². The number of ether oxygens (including phenoxy) is 3. The second kappa shape index (κ2) is 5.69. The lowest BCUT2D eigenvalue weighted by atomic mass is 10.1. The smallest absolute Gasteiger partial charge is 0.122 e. The van der Waals surface area contributed by atoms with Gasteiger partial charge in [-0.05, 0) is 17.2 Å². The van der Waals surface area contributed by atoms with Crippen molar-refractivity contribution in [2.45, 2.75) is 19.1 Å². The molecule has 1 fully saturated rings. The van der Waals surface area contributed by atoms with Gasteiger partial charge in [-0.15, -0.1) is 0 Å². The summed E-state index contributed by atoms with van der Waals surface area (Å²) in [6.07, 6.45) is 1.22. The largest absolute Gasteiger partial charge is 0.493 e. The lowest BCUT2D eigenvalue weighted by Gasteiger charge is -2.23. The molecule has 0 radical (unpaired) electrons. The van der Waals surface area contributed by atoms with Gasteiger partial charge in [0.25, 0.3) is 0 Å². The van der Waals surface area contributed by atoms with E-state index in [-0.39, 0.29) is 6.10 Å². The minimum absolute atomic E-state index is 0.191. The molecule has 2 heterocycles. The van der Waals surface area contributed by atoms with Gasteiger partial charge in [-0.3, -0.25) is 0 Å². The quantitative estimate of drug-likeness (QED) is 0.868. The molecule has 3 rings (SSSR count). The molecule has 2 aliphatic heterocycles. The van der Waals surface area contributed by atoms with Gasteiger partial charge in [-0.2, -0.15) is 0 Å². The van der Waals surface area contributed by atoms with Crippen molar-refractivity contribution in [2.75, 3.05) is 33.0 Å². The SMILES string of the molecule is c1cc2c(cc1CNCC1COCCO1)CCO2. The summed E-state index contributed by atoms with van der Waals surface area (Å²) in [5, 5.41) is 3.42. The first-order chi connectivity index (χ1) is 8.92. The van der Waals surface area contributed by atoms with E-state index in [0.717, 1.165) is 38.5 Å². The van der Waals surface area contributed by atoms with Crippen molar-refractivity contribution in [3.05, 3.63) is 29.3 Å². The third kappa shape index (κ3) is 2.83. The average molecular weight is 249 g/mol. The molecule has 0 aliphatic carbocycles. The molecule has 4 nitrogen and oxygen atoms in total. The van der Waals surface area contributed by atoms with Gasteiger partial charge in [-0.25, -0.2) is 0 Å². The fraction of sp³-hybridized carbons (Fsp3) is 0.571. The van der Waals surface area contributed by atoms with Crippen LogP contribution >= 0.6 is 0 Å².